The number of hydrogen-bond donors (Lipinski definition) is 2. The van der Waals surface area contributed by atoms with Crippen molar-refractivity contribution >= 4 is 44.5 Å². The molecule has 0 radical (unpaired) electrons. The van der Waals surface area contributed by atoms with Gasteiger partial charge in [-0.05, 0) is 30.3 Å². The van der Waals surface area contributed by atoms with E-state index in [0.717, 1.165) is 7.11 Å². The van der Waals surface area contributed by atoms with Gasteiger partial charge in [-0.1, -0.05) is 28.1 Å². The number of para-hydroxylation sites is 1. The topological polar surface area (TPSA) is 121 Å². The summed E-state index contributed by atoms with van der Waals surface area (Å²) < 4.78 is 16.8. The number of amides is 1. The van der Waals surface area contributed by atoms with Crippen LogP contribution in [0.15, 0.2) is 67.6 Å². The molecule has 1 atom stereocenters. The summed E-state index contributed by atoms with van der Waals surface area (Å²) in [5.41, 5.74) is 4.08. The fraction of sp³-hybridized carbons (Fsp3) is 0.0952. The number of rotatable bonds is 1. The van der Waals surface area contributed by atoms with E-state index in [1.165, 1.54) is 0 Å². The maximum absolute atomic E-state index is 13.5. The van der Waals surface area contributed by atoms with Crippen molar-refractivity contribution < 1.29 is 23.5 Å². The number of hydrogen-bond acceptors (Lipinski definition) is 7. The lowest BCUT2D eigenvalue weighted by atomic mass is 9.68. The molecule has 30 heavy (non-hydrogen) atoms. The van der Waals surface area contributed by atoms with Gasteiger partial charge in [0.05, 0.1) is 12.5 Å². The second-order valence-corrected chi connectivity index (χ2v) is 7.73. The van der Waals surface area contributed by atoms with E-state index in [4.69, 9.17) is 19.6 Å². The highest BCUT2D eigenvalue weighted by Gasteiger charge is 2.61. The minimum absolute atomic E-state index is 0.0648. The standard InChI is InChI=1S/C21H13BrN2O6/c1-28-18(25)15-17(23)30-16-10-4-2-3-5-13(10)29-19(26)14(16)21(15)11-8-9(22)6-7-12(11)24-20(21)27/h2-8H,23H2,1H3,(H,24,27). The Hall–Kier alpha value is -3.59. The van der Waals surface area contributed by atoms with Crippen molar-refractivity contribution in [2.24, 2.45) is 5.73 Å². The zero-order valence-electron chi connectivity index (χ0n) is 15.4. The third-order valence-corrected chi connectivity index (χ3v) is 5.83. The van der Waals surface area contributed by atoms with Crippen LogP contribution in [0.5, 0.6) is 5.75 Å². The van der Waals surface area contributed by atoms with Gasteiger partial charge in [0.1, 0.15) is 22.1 Å². The van der Waals surface area contributed by atoms with Gasteiger partial charge in [-0.3, -0.25) is 4.79 Å². The predicted octanol–water partition coefficient (Wildman–Crippen LogP) is 2.53. The number of carbonyl (C=O) groups is 2. The van der Waals surface area contributed by atoms with Crippen LogP contribution in [0.4, 0.5) is 5.69 Å². The number of fused-ring (bicyclic) bond motifs is 6. The zero-order valence-corrected chi connectivity index (χ0v) is 17.0. The summed E-state index contributed by atoms with van der Waals surface area (Å²) in [5, 5.41) is 3.18. The van der Waals surface area contributed by atoms with Crippen LogP contribution in [0, 0.1) is 0 Å². The van der Waals surface area contributed by atoms with Gasteiger partial charge in [-0.2, -0.15) is 0 Å². The molecule has 3 aromatic rings. The highest BCUT2D eigenvalue weighted by atomic mass is 79.9. The molecule has 0 aliphatic carbocycles. The molecule has 8 nitrogen and oxygen atoms in total. The second-order valence-electron chi connectivity index (χ2n) is 6.82. The molecule has 2 aliphatic rings. The first kappa shape index (κ1) is 18.4. The number of anilines is 1. The molecule has 3 N–H and O–H groups in total. The smallest absolute Gasteiger partial charge is 0.345 e. The Morgan fingerprint density at radius 3 is 2.73 bits per heavy atom. The Morgan fingerprint density at radius 2 is 1.97 bits per heavy atom. The lowest BCUT2D eigenvalue weighted by Crippen LogP contribution is -2.48. The molecule has 1 spiro atoms. The molecule has 0 saturated carbocycles. The van der Waals surface area contributed by atoms with Crippen molar-refractivity contribution in [1.82, 2.24) is 0 Å². The summed E-state index contributed by atoms with van der Waals surface area (Å²) >= 11 is 3.39. The second kappa shape index (κ2) is 6.20. The monoisotopic (exact) mass is 468 g/mol. The Labute approximate surface area is 177 Å². The van der Waals surface area contributed by atoms with Crippen LogP contribution in [-0.2, 0) is 19.7 Å². The molecule has 1 unspecified atom stereocenters. The van der Waals surface area contributed by atoms with Crippen LogP contribution in [0.25, 0.3) is 11.0 Å². The molecular weight excluding hydrogens is 456 g/mol. The number of nitrogens with two attached hydrogens (primary N) is 1. The van der Waals surface area contributed by atoms with Crippen LogP contribution < -0.4 is 21.4 Å². The molecule has 2 aliphatic heterocycles. The number of carbonyl (C=O) groups excluding carboxylic acids is 2. The average molecular weight is 469 g/mol. The quantitative estimate of drug-likeness (QED) is 0.415. The molecule has 5 rings (SSSR count). The molecule has 3 heterocycles. The third kappa shape index (κ3) is 2.18. The normalized spacial score (nSPS) is 19.3. The predicted molar refractivity (Wildman–Crippen MR) is 110 cm³/mol. The lowest BCUT2D eigenvalue weighted by Gasteiger charge is -2.34. The van der Waals surface area contributed by atoms with E-state index in [1.54, 1.807) is 42.5 Å². The summed E-state index contributed by atoms with van der Waals surface area (Å²) in [5.74, 6) is -1.79. The molecule has 0 fully saturated rings. The number of ether oxygens (including phenoxy) is 2. The van der Waals surface area contributed by atoms with E-state index < -0.39 is 22.9 Å². The molecular formula is C21H13BrN2O6. The summed E-state index contributed by atoms with van der Waals surface area (Å²) in [4.78, 5) is 39.5. The number of nitrogens with one attached hydrogen (secondary N) is 1. The SMILES string of the molecule is COC(=O)C1=C(N)Oc2c(c(=O)oc3ccccc23)C12C(=O)Nc1ccc(Br)cc12. The van der Waals surface area contributed by atoms with Crippen molar-refractivity contribution in [1.29, 1.82) is 0 Å². The minimum atomic E-state index is -1.89. The molecule has 0 saturated heterocycles. The van der Waals surface area contributed by atoms with Crippen molar-refractivity contribution in [3.63, 3.8) is 0 Å². The zero-order chi connectivity index (χ0) is 21.2. The van der Waals surface area contributed by atoms with Crippen molar-refractivity contribution in [3.05, 3.63) is 79.9 Å². The summed E-state index contributed by atoms with van der Waals surface area (Å²) in [7, 11) is 1.16. The summed E-state index contributed by atoms with van der Waals surface area (Å²) in [6.45, 7) is 0. The largest absolute Gasteiger partial charge is 0.465 e. The Balaban J connectivity index is 2.01. The van der Waals surface area contributed by atoms with E-state index >= 15 is 0 Å². The summed E-state index contributed by atoms with van der Waals surface area (Å²) in [6, 6.07) is 11.7. The van der Waals surface area contributed by atoms with Gasteiger partial charge in [-0.15, -0.1) is 0 Å². The number of esters is 1. The van der Waals surface area contributed by atoms with E-state index in [9.17, 15) is 14.4 Å². The Bertz CT molecular complexity index is 1380. The molecule has 0 bridgehead atoms. The van der Waals surface area contributed by atoms with Crippen LogP contribution in [0.2, 0.25) is 0 Å². The molecule has 2 aromatic carbocycles. The fourth-order valence-corrected chi connectivity index (χ4v) is 4.51. The Morgan fingerprint density at radius 1 is 1.20 bits per heavy atom. The first-order chi connectivity index (χ1) is 14.4. The average Bonchev–Trinajstić information content (AvgIpc) is 2.99. The van der Waals surface area contributed by atoms with E-state index in [-0.39, 0.29) is 28.4 Å². The molecule has 150 valence electrons. The van der Waals surface area contributed by atoms with Crippen molar-refractivity contribution in [3.8, 4) is 5.75 Å². The maximum Gasteiger partial charge on any atom is 0.345 e. The Kier molecular flexibility index (Phi) is 3.81. The van der Waals surface area contributed by atoms with E-state index in [2.05, 4.69) is 21.2 Å². The summed E-state index contributed by atoms with van der Waals surface area (Å²) in [6.07, 6.45) is 0. The number of halogens is 1. The van der Waals surface area contributed by atoms with Gasteiger partial charge < -0.3 is 24.9 Å². The van der Waals surface area contributed by atoms with Gasteiger partial charge in [0.25, 0.3) is 0 Å². The van der Waals surface area contributed by atoms with Gasteiger partial charge in [0.2, 0.25) is 11.8 Å². The van der Waals surface area contributed by atoms with Gasteiger partial charge in [0, 0.05) is 15.7 Å². The van der Waals surface area contributed by atoms with Crippen LogP contribution >= 0.6 is 15.9 Å². The molecule has 9 heteroatoms. The first-order valence-electron chi connectivity index (χ1n) is 8.83. The van der Waals surface area contributed by atoms with Gasteiger partial charge in [-0.25, -0.2) is 9.59 Å². The molecule has 1 amide bonds. The van der Waals surface area contributed by atoms with Crippen LogP contribution in [0.1, 0.15) is 11.1 Å². The van der Waals surface area contributed by atoms with Gasteiger partial charge >= 0.3 is 11.6 Å². The highest BCUT2D eigenvalue weighted by Crippen LogP contribution is 2.54. The third-order valence-electron chi connectivity index (χ3n) is 5.34. The lowest BCUT2D eigenvalue weighted by molar-refractivity contribution is -0.138. The number of methoxy groups -OCH3 is 1. The fourth-order valence-electron chi connectivity index (χ4n) is 4.15. The van der Waals surface area contributed by atoms with Crippen LogP contribution in [-0.4, -0.2) is 19.0 Å². The van der Waals surface area contributed by atoms with Crippen LogP contribution in [0.3, 0.4) is 0 Å². The van der Waals surface area contributed by atoms with E-state index in [0.29, 0.717) is 21.1 Å². The maximum atomic E-state index is 13.5. The first-order valence-corrected chi connectivity index (χ1v) is 9.63. The molecule has 1 aromatic heterocycles. The van der Waals surface area contributed by atoms with Gasteiger partial charge in [0.15, 0.2) is 5.75 Å². The van der Waals surface area contributed by atoms with Crippen molar-refractivity contribution in [2.45, 2.75) is 5.41 Å². The van der Waals surface area contributed by atoms with Crippen molar-refractivity contribution in [2.75, 3.05) is 12.4 Å². The number of benzene rings is 2. The highest BCUT2D eigenvalue weighted by molar-refractivity contribution is 9.10. The minimum Gasteiger partial charge on any atom is -0.465 e. The van der Waals surface area contributed by atoms with E-state index in [1.807, 2.05) is 0 Å².